The van der Waals surface area contributed by atoms with Crippen LogP contribution in [0, 0.1) is 6.92 Å². The second-order valence-electron chi connectivity index (χ2n) is 3.33. The molecule has 2 aromatic rings. The second kappa shape index (κ2) is 5.14. The topological polar surface area (TPSA) is 59.2 Å². The molecule has 0 bridgehead atoms. The van der Waals surface area contributed by atoms with Crippen molar-refractivity contribution >= 4 is 11.8 Å². The molecular weight excluding hydrogens is 224 g/mol. The zero-order valence-corrected chi connectivity index (χ0v) is 9.70. The highest BCUT2D eigenvalue weighted by molar-refractivity contribution is 7.98. The predicted molar refractivity (Wildman–Crippen MR) is 61.0 cm³/mol. The smallest absolute Gasteiger partial charge is 0.236 e. The first kappa shape index (κ1) is 11.2. The van der Waals surface area contributed by atoms with Crippen LogP contribution >= 0.6 is 11.8 Å². The Hall–Kier alpha value is -1.33. The molecule has 0 spiro atoms. The Balaban J connectivity index is 1.99. The van der Waals surface area contributed by atoms with E-state index in [0.717, 1.165) is 10.5 Å². The summed E-state index contributed by atoms with van der Waals surface area (Å²) in [6.07, 6.45) is 0. The van der Waals surface area contributed by atoms with Crippen molar-refractivity contribution < 1.29 is 9.63 Å². The Morgan fingerprint density at radius 3 is 3.00 bits per heavy atom. The fourth-order valence-electron chi connectivity index (χ4n) is 1.28. The van der Waals surface area contributed by atoms with Crippen molar-refractivity contribution in [3.63, 3.8) is 0 Å². The molecule has 4 nitrogen and oxygen atoms in total. The van der Waals surface area contributed by atoms with Crippen molar-refractivity contribution in [2.75, 3.05) is 0 Å². The minimum Gasteiger partial charge on any atom is -0.392 e. The van der Waals surface area contributed by atoms with E-state index in [2.05, 4.69) is 10.1 Å². The summed E-state index contributed by atoms with van der Waals surface area (Å²) in [6, 6.07) is 7.76. The fraction of sp³-hybridized carbons (Fsp3) is 0.273. The number of aromatic nitrogens is 2. The van der Waals surface area contributed by atoms with Crippen molar-refractivity contribution in [3.8, 4) is 0 Å². The van der Waals surface area contributed by atoms with Gasteiger partial charge in [-0.05, 0) is 24.6 Å². The predicted octanol–water partition coefficient (Wildman–Crippen LogP) is 2.16. The molecule has 5 heteroatoms. The zero-order valence-electron chi connectivity index (χ0n) is 8.88. The number of benzene rings is 1. The van der Waals surface area contributed by atoms with E-state index in [1.807, 2.05) is 24.3 Å². The van der Waals surface area contributed by atoms with E-state index in [9.17, 15) is 0 Å². The maximum Gasteiger partial charge on any atom is 0.236 e. The number of aliphatic hydroxyl groups excluding tert-OH is 1. The van der Waals surface area contributed by atoms with Crippen molar-refractivity contribution in [2.45, 2.75) is 24.2 Å². The molecule has 0 saturated carbocycles. The summed E-state index contributed by atoms with van der Waals surface area (Å²) in [5.41, 5.74) is 0.909. The summed E-state index contributed by atoms with van der Waals surface area (Å²) in [5, 5.41) is 12.7. The van der Waals surface area contributed by atoms with Gasteiger partial charge in [-0.1, -0.05) is 17.3 Å². The van der Waals surface area contributed by atoms with Gasteiger partial charge in [-0.25, -0.2) is 0 Å². The lowest BCUT2D eigenvalue weighted by Crippen LogP contribution is -1.84. The molecule has 1 heterocycles. The standard InChI is InChI=1S/C11H12N2O2S/c1-8-12-11(15-13-8)7-16-10-4-2-3-9(5-10)6-14/h2-5,14H,6-7H2,1H3. The highest BCUT2D eigenvalue weighted by Gasteiger charge is 2.03. The Morgan fingerprint density at radius 2 is 2.31 bits per heavy atom. The van der Waals surface area contributed by atoms with Crippen molar-refractivity contribution in [3.05, 3.63) is 41.5 Å². The van der Waals surface area contributed by atoms with Crippen LogP contribution < -0.4 is 0 Å². The molecule has 0 atom stereocenters. The van der Waals surface area contributed by atoms with Crippen LogP contribution in [-0.4, -0.2) is 15.2 Å². The summed E-state index contributed by atoms with van der Waals surface area (Å²) in [4.78, 5) is 5.21. The number of hydrogen-bond donors (Lipinski definition) is 1. The first-order valence-corrected chi connectivity index (χ1v) is 5.88. The summed E-state index contributed by atoms with van der Waals surface area (Å²) in [5.74, 6) is 1.92. The van der Waals surface area contributed by atoms with Gasteiger partial charge in [0.05, 0.1) is 12.4 Å². The molecule has 0 radical (unpaired) electrons. The largest absolute Gasteiger partial charge is 0.392 e. The summed E-state index contributed by atoms with van der Waals surface area (Å²) in [7, 11) is 0. The minimum absolute atomic E-state index is 0.0636. The summed E-state index contributed by atoms with van der Waals surface area (Å²) in [6.45, 7) is 1.86. The maximum absolute atomic E-state index is 9.00. The molecule has 1 aromatic carbocycles. The molecule has 84 valence electrons. The number of hydrogen-bond acceptors (Lipinski definition) is 5. The van der Waals surface area contributed by atoms with Gasteiger partial charge in [0.25, 0.3) is 0 Å². The van der Waals surface area contributed by atoms with E-state index in [4.69, 9.17) is 9.63 Å². The van der Waals surface area contributed by atoms with Crippen LogP contribution in [0.25, 0.3) is 0 Å². The van der Waals surface area contributed by atoms with Gasteiger partial charge in [-0.3, -0.25) is 0 Å². The summed E-state index contributed by atoms with van der Waals surface area (Å²) < 4.78 is 5.01. The SMILES string of the molecule is Cc1noc(CSc2cccc(CO)c2)n1. The lowest BCUT2D eigenvalue weighted by molar-refractivity contribution is 0.281. The molecule has 0 unspecified atom stereocenters. The number of aliphatic hydroxyl groups is 1. The van der Waals surface area contributed by atoms with E-state index in [1.54, 1.807) is 18.7 Å². The van der Waals surface area contributed by atoms with Gasteiger partial charge in [0.2, 0.25) is 5.89 Å². The zero-order chi connectivity index (χ0) is 11.4. The number of nitrogens with zero attached hydrogens (tertiary/aromatic N) is 2. The maximum atomic E-state index is 9.00. The fourth-order valence-corrected chi connectivity index (χ4v) is 2.09. The third-order valence-electron chi connectivity index (χ3n) is 2.01. The average Bonchev–Trinajstić information content (AvgIpc) is 2.73. The van der Waals surface area contributed by atoms with Crippen LogP contribution in [0.4, 0.5) is 0 Å². The minimum atomic E-state index is 0.0636. The van der Waals surface area contributed by atoms with E-state index in [1.165, 1.54) is 0 Å². The van der Waals surface area contributed by atoms with Gasteiger partial charge in [0, 0.05) is 4.90 Å². The average molecular weight is 236 g/mol. The van der Waals surface area contributed by atoms with Crippen molar-refractivity contribution in [2.24, 2.45) is 0 Å². The normalized spacial score (nSPS) is 10.6. The molecule has 16 heavy (non-hydrogen) atoms. The molecule has 1 N–H and O–H groups in total. The molecule has 0 aliphatic rings. The molecule has 0 amide bonds. The quantitative estimate of drug-likeness (QED) is 0.824. The molecule has 0 aliphatic carbocycles. The molecule has 0 aliphatic heterocycles. The van der Waals surface area contributed by atoms with Gasteiger partial charge in [0.1, 0.15) is 0 Å². The summed E-state index contributed by atoms with van der Waals surface area (Å²) >= 11 is 1.61. The molecular formula is C11H12N2O2S. The van der Waals surface area contributed by atoms with Gasteiger partial charge in [-0.15, -0.1) is 11.8 Å². The van der Waals surface area contributed by atoms with E-state index in [0.29, 0.717) is 17.5 Å². The van der Waals surface area contributed by atoms with Gasteiger partial charge >= 0.3 is 0 Å². The van der Waals surface area contributed by atoms with E-state index < -0.39 is 0 Å². The molecule has 0 fully saturated rings. The molecule has 1 aromatic heterocycles. The van der Waals surface area contributed by atoms with E-state index >= 15 is 0 Å². The lowest BCUT2D eigenvalue weighted by Gasteiger charge is -2.00. The number of rotatable bonds is 4. The third-order valence-corrected chi connectivity index (χ3v) is 2.99. The Labute approximate surface area is 97.7 Å². The first-order chi connectivity index (χ1) is 7.78. The molecule has 0 saturated heterocycles. The lowest BCUT2D eigenvalue weighted by atomic mass is 10.2. The highest BCUT2D eigenvalue weighted by Crippen LogP contribution is 2.22. The number of thioether (sulfide) groups is 1. The monoisotopic (exact) mass is 236 g/mol. The van der Waals surface area contributed by atoms with E-state index in [-0.39, 0.29) is 6.61 Å². The van der Waals surface area contributed by atoms with Crippen LogP contribution in [0.2, 0.25) is 0 Å². The van der Waals surface area contributed by atoms with Crippen molar-refractivity contribution in [1.82, 2.24) is 10.1 Å². The van der Waals surface area contributed by atoms with Crippen LogP contribution in [0.3, 0.4) is 0 Å². The Morgan fingerprint density at radius 1 is 1.44 bits per heavy atom. The Bertz CT molecular complexity index is 471. The van der Waals surface area contributed by atoms with Gasteiger partial charge in [-0.2, -0.15) is 4.98 Å². The van der Waals surface area contributed by atoms with Crippen LogP contribution in [0.15, 0.2) is 33.7 Å². The van der Waals surface area contributed by atoms with Gasteiger partial charge < -0.3 is 9.63 Å². The Kier molecular flexibility index (Phi) is 3.58. The highest BCUT2D eigenvalue weighted by atomic mass is 32.2. The van der Waals surface area contributed by atoms with Crippen LogP contribution in [-0.2, 0) is 12.4 Å². The number of aryl methyl sites for hydroxylation is 1. The van der Waals surface area contributed by atoms with Crippen LogP contribution in [0.1, 0.15) is 17.3 Å². The first-order valence-electron chi connectivity index (χ1n) is 4.90. The van der Waals surface area contributed by atoms with Crippen molar-refractivity contribution in [1.29, 1.82) is 0 Å². The third kappa shape index (κ3) is 2.84. The van der Waals surface area contributed by atoms with Crippen LogP contribution in [0.5, 0.6) is 0 Å². The molecule has 2 rings (SSSR count). The second-order valence-corrected chi connectivity index (χ2v) is 4.38. The van der Waals surface area contributed by atoms with Gasteiger partial charge in [0.15, 0.2) is 5.82 Å².